The predicted molar refractivity (Wildman–Crippen MR) is 52.0 cm³/mol. The molecule has 1 saturated heterocycles. The first kappa shape index (κ1) is 9.97. The zero-order chi connectivity index (χ0) is 10.1. The molecule has 0 aromatic rings. The average molecular weight is 198 g/mol. The summed E-state index contributed by atoms with van der Waals surface area (Å²) in [5.74, 6) is 0.739. The molecule has 0 amide bonds. The molecule has 0 unspecified atom stereocenters. The van der Waals surface area contributed by atoms with Gasteiger partial charge in [0.25, 0.3) is 0 Å². The average Bonchev–Trinajstić information content (AvgIpc) is 2.48. The quantitative estimate of drug-likeness (QED) is 0.737. The van der Waals surface area contributed by atoms with E-state index in [-0.39, 0.29) is 0 Å². The molecule has 14 heavy (non-hydrogen) atoms. The van der Waals surface area contributed by atoms with Gasteiger partial charge < -0.3 is 9.84 Å². The van der Waals surface area contributed by atoms with E-state index >= 15 is 0 Å². The SMILES string of the molecule is C[C@@H]1CO[C@@H]2CCC[C@@H](CC(=O)O)[C@H]12. The zero-order valence-corrected chi connectivity index (χ0v) is 8.61. The zero-order valence-electron chi connectivity index (χ0n) is 8.61. The first-order valence-corrected chi connectivity index (χ1v) is 5.52. The van der Waals surface area contributed by atoms with E-state index in [1.165, 1.54) is 0 Å². The van der Waals surface area contributed by atoms with Gasteiger partial charge in [0.1, 0.15) is 0 Å². The topological polar surface area (TPSA) is 46.5 Å². The molecule has 0 aromatic heterocycles. The second-order valence-corrected chi connectivity index (χ2v) is 4.72. The van der Waals surface area contributed by atoms with Crippen LogP contribution in [0.15, 0.2) is 0 Å². The van der Waals surface area contributed by atoms with Crippen LogP contribution in [-0.4, -0.2) is 23.8 Å². The van der Waals surface area contributed by atoms with E-state index in [1.54, 1.807) is 0 Å². The molecule has 2 fully saturated rings. The molecule has 3 heteroatoms. The van der Waals surface area contributed by atoms with Gasteiger partial charge in [-0.05, 0) is 30.6 Å². The van der Waals surface area contributed by atoms with Gasteiger partial charge in [-0.2, -0.15) is 0 Å². The first-order valence-electron chi connectivity index (χ1n) is 5.52. The van der Waals surface area contributed by atoms with Crippen molar-refractivity contribution >= 4 is 5.97 Å². The molecule has 1 saturated carbocycles. The Labute approximate surface area is 84.4 Å². The number of carbonyl (C=O) groups is 1. The molecular formula is C11H18O3. The Morgan fingerprint density at radius 2 is 2.29 bits per heavy atom. The maximum absolute atomic E-state index is 10.7. The summed E-state index contributed by atoms with van der Waals surface area (Å²) in [6.07, 6.45) is 4.01. The molecule has 0 bridgehead atoms. The lowest BCUT2D eigenvalue weighted by Crippen LogP contribution is -2.33. The van der Waals surface area contributed by atoms with Gasteiger partial charge in [-0.3, -0.25) is 4.79 Å². The fourth-order valence-corrected chi connectivity index (χ4v) is 3.14. The molecule has 3 nitrogen and oxygen atoms in total. The number of hydrogen-bond acceptors (Lipinski definition) is 2. The number of carboxylic acid groups (broad SMARTS) is 1. The monoisotopic (exact) mass is 198 g/mol. The maximum Gasteiger partial charge on any atom is 0.303 e. The van der Waals surface area contributed by atoms with E-state index in [0.29, 0.717) is 30.3 Å². The van der Waals surface area contributed by atoms with Crippen molar-refractivity contribution in [3.8, 4) is 0 Å². The third kappa shape index (κ3) is 1.78. The van der Waals surface area contributed by atoms with Crippen molar-refractivity contribution in [3.05, 3.63) is 0 Å². The Kier molecular flexibility index (Phi) is 2.77. The second kappa shape index (κ2) is 3.89. The molecule has 80 valence electrons. The van der Waals surface area contributed by atoms with Crippen molar-refractivity contribution in [1.82, 2.24) is 0 Å². The normalized spacial score (nSPS) is 42.1. The minimum Gasteiger partial charge on any atom is -0.481 e. The number of aliphatic carboxylic acids is 1. The molecule has 0 aromatic carbocycles. The molecular weight excluding hydrogens is 180 g/mol. The summed E-state index contributed by atoms with van der Waals surface area (Å²) >= 11 is 0. The number of hydrogen-bond donors (Lipinski definition) is 1. The molecule has 1 aliphatic carbocycles. The van der Waals surface area contributed by atoms with Crippen molar-refractivity contribution in [3.63, 3.8) is 0 Å². The summed E-state index contributed by atoms with van der Waals surface area (Å²) in [6.45, 7) is 3.01. The molecule has 0 radical (unpaired) electrons. The lowest BCUT2D eigenvalue weighted by Gasteiger charge is -2.33. The van der Waals surface area contributed by atoms with Crippen LogP contribution >= 0.6 is 0 Å². The summed E-state index contributed by atoms with van der Waals surface area (Å²) in [7, 11) is 0. The fourth-order valence-electron chi connectivity index (χ4n) is 3.14. The van der Waals surface area contributed by atoms with Crippen LogP contribution < -0.4 is 0 Å². The Balaban J connectivity index is 2.04. The molecule has 1 N–H and O–H groups in total. The molecule has 0 spiro atoms. The van der Waals surface area contributed by atoms with Gasteiger partial charge >= 0.3 is 5.97 Å². The molecule has 4 atom stereocenters. The second-order valence-electron chi connectivity index (χ2n) is 4.72. The van der Waals surface area contributed by atoms with Crippen molar-refractivity contribution in [2.45, 2.75) is 38.7 Å². The number of fused-ring (bicyclic) bond motifs is 1. The standard InChI is InChI=1S/C11H18O3/c1-7-6-14-9-4-2-3-8(11(7)9)5-10(12)13/h7-9,11H,2-6H2,1H3,(H,12,13)/t7-,8+,9-,11+/m1/s1. The minimum atomic E-state index is -0.658. The lowest BCUT2D eigenvalue weighted by atomic mass is 9.72. The van der Waals surface area contributed by atoms with Crippen molar-refractivity contribution in [2.24, 2.45) is 17.8 Å². The van der Waals surface area contributed by atoms with Crippen LogP contribution in [0.5, 0.6) is 0 Å². The van der Waals surface area contributed by atoms with Crippen LogP contribution in [0.25, 0.3) is 0 Å². The summed E-state index contributed by atoms with van der Waals surface area (Å²) in [6, 6.07) is 0. The van der Waals surface area contributed by atoms with Crippen LogP contribution in [0, 0.1) is 17.8 Å². The van der Waals surface area contributed by atoms with Crippen LogP contribution in [0.4, 0.5) is 0 Å². The summed E-state index contributed by atoms with van der Waals surface area (Å²) in [5, 5.41) is 8.83. The van der Waals surface area contributed by atoms with Gasteiger partial charge in [-0.1, -0.05) is 13.3 Å². The molecule has 1 aliphatic heterocycles. The van der Waals surface area contributed by atoms with Gasteiger partial charge in [-0.15, -0.1) is 0 Å². The van der Waals surface area contributed by atoms with E-state index in [1.807, 2.05) is 0 Å². The van der Waals surface area contributed by atoms with Gasteiger partial charge in [0.2, 0.25) is 0 Å². The predicted octanol–water partition coefficient (Wildman–Crippen LogP) is 1.91. The van der Waals surface area contributed by atoms with Crippen LogP contribution in [0.3, 0.4) is 0 Å². The van der Waals surface area contributed by atoms with Crippen LogP contribution in [0.1, 0.15) is 32.6 Å². The highest BCUT2D eigenvalue weighted by Crippen LogP contribution is 2.42. The Hall–Kier alpha value is -0.570. The molecule has 1 heterocycles. The van der Waals surface area contributed by atoms with Crippen LogP contribution in [-0.2, 0) is 9.53 Å². The maximum atomic E-state index is 10.7. The van der Waals surface area contributed by atoms with Crippen molar-refractivity contribution in [2.75, 3.05) is 6.61 Å². The largest absolute Gasteiger partial charge is 0.481 e. The lowest BCUT2D eigenvalue weighted by molar-refractivity contribution is -0.139. The van der Waals surface area contributed by atoms with E-state index in [9.17, 15) is 4.79 Å². The highest BCUT2D eigenvalue weighted by atomic mass is 16.5. The van der Waals surface area contributed by atoms with E-state index < -0.39 is 5.97 Å². The third-order valence-corrected chi connectivity index (χ3v) is 3.70. The highest BCUT2D eigenvalue weighted by Gasteiger charge is 2.42. The van der Waals surface area contributed by atoms with E-state index in [2.05, 4.69) is 6.92 Å². The Bertz CT molecular complexity index is 225. The summed E-state index contributed by atoms with van der Waals surface area (Å²) < 4.78 is 5.69. The van der Waals surface area contributed by atoms with Gasteiger partial charge in [-0.25, -0.2) is 0 Å². The van der Waals surface area contributed by atoms with Crippen molar-refractivity contribution < 1.29 is 14.6 Å². The van der Waals surface area contributed by atoms with Gasteiger partial charge in [0, 0.05) is 13.0 Å². The minimum absolute atomic E-state index is 0.328. The molecule has 2 aliphatic rings. The van der Waals surface area contributed by atoms with Crippen molar-refractivity contribution in [1.29, 1.82) is 0 Å². The van der Waals surface area contributed by atoms with E-state index in [0.717, 1.165) is 25.9 Å². The fraction of sp³-hybridized carbons (Fsp3) is 0.909. The number of carboxylic acids is 1. The smallest absolute Gasteiger partial charge is 0.303 e. The summed E-state index contributed by atoms with van der Waals surface area (Å²) in [4.78, 5) is 10.7. The van der Waals surface area contributed by atoms with Gasteiger partial charge in [0.15, 0.2) is 0 Å². The summed E-state index contributed by atoms with van der Waals surface area (Å²) in [5.41, 5.74) is 0. The number of rotatable bonds is 2. The van der Waals surface area contributed by atoms with E-state index in [4.69, 9.17) is 9.84 Å². The number of ether oxygens (including phenoxy) is 1. The Morgan fingerprint density at radius 1 is 1.50 bits per heavy atom. The molecule has 2 rings (SSSR count). The Morgan fingerprint density at radius 3 is 3.00 bits per heavy atom. The first-order chi connectivity index (χ1) is 6.68. The highest BCUT2D eigenvalue weighted by molar-refractivity contribution is 5.67. The third-order valence-electron chi connectivity index (χ3n) is 3.70. The van der Waals surface area contributed by atoms with Crippen LogP contribution in [0.2, 0.25) is 0 Å². The van der Waals surface area contributed by atoms with Gasteiger partial charge in [0.05, 0.1) is 6.10 Å².